The molecule has 0 saturated carbocycles. The molecule has 0 radical (unpaired) electrons. The molecule has 6 nitrogen and oxygen atoms in total. The molecule has 1 unspecified atom stereocenters. The van der Waals surface area contributed by atoms with E-state index in [1.165, 1.54) is 28.7 Å². The summed E-state index contributed by atoms with van der Waals surface area (Å²) in [4.78, 5) is 25.0. The maximum atomic E-state index is 12.2. The first-order valence-electron chi connectivity index (χ1n) is 7.92. The second kappa shape index (κ2) is 8.14. The van der Waals surface area contributed by atoms with Crippen LogP contribution in [0, 0.1) is 11.3 Å². The molecule has 2 aromatic heterocycles. The first-order chi connectivity index (χ1) is 13.0. The third kappa shape index (κ3) is 4.06. The van der Waals surface area contributed by atoms with E-state index < -0.39 is 17.4 Å². The molecule has 1 atom stereocenters. The van der Waals surface area contributed by atoms with Crippen LogP contribution in [0.3, 0.4) is 0 Å². The van der Waals surface area contributed by atoms with Crippen molar-refractivity contribution in [2.24, 2.45) is 0 Å². The molecule has 1 aromatic carbocycles. The van der Waals surface area contributed by atoms with Crippen molar-refractivity contribution < 1.29 is 14.7 Å². The molecule has 2 amide bonds. The number of thiophene rings is 2. The van der Waals surface area contributed by atoms with Gasteiger partial charge >= 0.3 is 11.8 Å². The van der Waals surface area contributed by atoms with Crippen LogP contribution in [0.15, 0.2) is 58.6 Å². The van der Waals surface area contributed by atoms with Crippen molar-refractivity contribution in [3.63, 3.8) is 0 Å². The fourth-order valence-corrected chi connectivity index (χ4v) is 4.07. The highest BCUT2D eigenvalue weighted by Gasteiger charge is 2.34. The largest absolute Gasteiger partial charge is 0.378 e. The molecular weight excluding hydrogens is 382 g/mol. The van der Waals surface area contributed by atoms with Gasteiger partial charge in [-0.25, -0.2) is 0 Å². The molecule has 8 heteroatoms. The number of carbonyl (C=O) groups is 2. The second-order valence-corrected chi connectivity index (χ2v) is 7.37. The lowest BCUT2D eigenvalue weighted by molar-refractivity contribution is -0.136. The van der Waals surface area contributed by atoms with Gasteiger partial charge in [0.25, 0.3) is 0 Å². The molecule has 136 valence electrons. The highest BCUT2D eigenvalue weighted by atomic mass is 32.1. The van der Waals surface area contributed by atoms with Crippen LogP contribution in [0.25, 0.3) is 0 Å². The van der Waals surface area contributed by atoms with Gasteiger partial charge in [-0.2, -0.15) is 16.6 Å². The van der Waals surface area contributed by atoms with Crippen LogP contribution >= 0.6 is 22.7 Å². The normalized spacial score (nSPS) is 12.6. The Labute approximate surface area is 163 Å². The zero-order valence-electron chi connectivity index (χ0n) is 14.0. The number of nitrogens with one attached hydrogen (secondary N) is 2. The summed E-state index contributed by atoms with van der Waals surface area (Å²) in [6.07, 6.45) is 0. The predicted octanol–water partition coefficient (Wildman–Crippen LogP) is 2.67. The van der Waals surface area contributed by atoms with Gasteiger partial charge in [0.15, 0.2) is 0 Å². The molecular formula is C19H15N3O3S2. The Morgan fingerprint density at radius 1 is 1.11 bits per heavy atom. The molecule has 0 bridgehead atoms. The maximum absolute atomic E-state index is 12.2. The van der Waals surface area contributed by atoms with Crippen molar-refractivity contribution in [3.8, 4) is 6.07 Å². The monoisotopic (exact) mass is 397 g/mol. The van der Waals surface area contributed by atoms with E-state index in [1.54, 1.807) is 35.7 Å². The van der Waals surface area contributed by atoms with Gasteiger partial charge in [-0.1, -0.05) is 18.2 Å². The molecule has 3 aromatic rings. The third-order valence-corrected chi connectivity index (χ3v) is 5.64. The fraction of sp³-hybridized carbons (Fsp3) is 0.105. The molecule has 0 spiro atoms. The molecule has 3 rings (SSSR count). The summed E-state index contributed by atoms with van der Waals surface area (Å²) in [6, 6.07) is 13.7. The molecule has 0 saturated heterocycles. The maximum Gasteiger partial charge on any atom is 0.313 e. The van der Waals surface area contributed by atoms with Crippen LogP contribution in [-0.4, -0.2) is 23.5 Å². The summed E-state index contributed by atoms with van der Waals surface area (Å²) < 4.78 is 0. The van der Waals surface area contributed by atoms with Crippen LogP contribution in [-0.2, 0) is 15.2 Å². The zero-order valence-corrected chi connectivity index (χ0v) is 15.6. The molecule has 0 aliphatic rings. The van der Waals surface area contributed by atoms with E-state index in [4.69, 9.17) is 5.26 Å². The number of hydrogen-bond donors (Lipinski definition) is 3. The van der Waals surface area contributed by atoms with Crippen LogP contribution in [0.5, 0.6) is 0 Å². The number of para-hydroxylation sites is 1. The highest BCUT2D eigenvalue weighted by molar-refractivity contribution is 7.10. The van der Waals surface area contributed by atoms with E-state index in [0.29, 0.717) is 10.4 Å². The predicted molar refractivity (Wildman–Crippen MR) is 104 cm³/mol. The van der Waals surface area contributed by atoms with E-state index in [2.05, 4.69) is 10.6 Å². The minimum atomic E-state index is -1.42. The van der Waals surface area contributed by atoms with Crippen LogP contribution in [0.1, 0.15) is 16.0 Å². The van der Waals surface area contributed by atoms with Crippen molar-refractivity contribution in [3.05, 3.63) is 74.6 Å². The Hall–Kier alpha value is -2.99. The molecule has 0 aliphatic heterocycles. The number of rotatable bonds is 5. The van der Waals surface area contributed by atoms with Gasteiger partial charge in [0.1, 0.15) is 11.7 Å². The smallest absolute Gasteiger partial charge is 0.313 e. The van der Waals surface area contributed by atoms with Gasteiger partial charge in [-0.05, 0) is 40.4 Å². The lowest BCUT2D eigenvalue weighted by Crippen LogP contribution is -2.44. The summed E-state index contributed by atoms with van der Waals surface area (Å²) in [5.74, 6) is -1.80. The van der Waals surface area contributed by atoms with Crippen LogP contribution in [0.4, 0.5) is 5.69 Å². The number of nitrogens with zero attached hydrogens (tertiary/aromatic N) is 1. The van der Waals surface area contributed by atoms with Gasteiger partial charge in [0.05, 0.1) is 17.8 Å². The van der Waals surface area contributed by atoms with Crippen molar-refractivity contribution >= 4 is 40.2 Å². The Morgan fingerprint density at radius 3 is 2.59 bits per heavy atom. The van der Waals surface area contributed by atoms with Gasteiger partial charge in [-0.3, -0.25) is 9.59 Å². The summed E-state index contributed by atoms with van der Waals surface area (Å²) in [6.45, 7) is -0.156. The van der Waals surface area contributed by atoms with Gasteiger partial charge < -0.3 is 15.7 Å². The van der Waals surface area contributed by atoms with Crippen molar-refractivity contribution in [1.29, 1.82) is 5.26 Å². The Bertz CT molecular complexity index is 942. The molecule has 2 heterocycles. The van der Waals surface area contributed by atoms with E-state index in [0.717, 1.165) is 0 Å². The summed E-state index contributed by atoms with van der Waals surface area (Å²) in [7, 11) is 0. The molecule has 27 heavy (non-hydrogen) atoms. The average Bonchev–Trinajstić information content (AvgIpc) is 3.40. The number of carbonyl (C=O) groups excluding carboxylic acids is 2. The van der Waals surface area contributed by atoms with E-state index >= 15 is 0 Å². The van der Waals surface area contributed by atoms with Crippen LogP contribution < -0.4 is 10.6 Å². The minimum absolute atomic E-state index is 0.156. The summed E-state index contributed by atoms with van der Waals surface area (Å²) in [5, 5.41) is 30.6. The zero-order chi connectivity index (χ0) is 19.3. The number of aliphatic hydroxyl groups is 1. The van der Waals surface area contributed by atoms with Gasteiger partial charge in [0.2, 0.25) is 0 Å². The standard InChI is InChI=1S/C19H15N3O3S2/c20-10-13-4-1-2-5-15(13)22-18(24)17(23)21-12-19(25,14-7-9-26-11-14)16-6-3-8-27-16/h1-9,11,25H,12H2,(H,21,23)(H,22,24). The Kier molecular flexibility index (Phi) is 5.66. The SMILES string of the molecule is N#Cc1ccccc1NC(=O)C(=O)NCC(O)(c1ccsc1)c1cccs1. The number of nitriles is 1. The first kappa shape index (κ1) is 18.8. The lowest BCUT2D eigenvalue weighted by Gasteiger charge is -2.26. The number of amides is 2. The topological polar surface area (TPSA) is 102 Å². The van der Waals surface area contributed by atoms with Gasteiger partial charge in [0, 0.05) is 10.4 Å². The van der Waals surface area contributed by atoms with E-state index in [9.17, 15) is 14.7 Å². The Balaban J connectivity index is 1.71. The summed E-state index contributed by atoms with van der Waals surface area (Å²) >= 11 is 2.79. The Morgan fingerprint density at radius 2 is 1.93 bits per heavy atom. The molecule has 0 fully saturated rings. The quantitative estimate of drug-likeness (QED) is 0.576. The number of benzene rings is 1. The van der Waals surface area contributed by atoms with Crippen LogP contribution in [0.2, 0.25) is 0 Å². The number of anilines is 1. The van der Waals surface area contributed by atoms with Gasteiger partial charge in [-0.15, -0.1) is 11.3 Å². The number of hydrogen-bond acceptors (Lipinski definition) is 6. The van der Waals surface area contributed by atoms with Crippen molar-refractivity contribution in [2.75, 3.05) is 11.9 Å². The highest BCUT2D eigenvalue weighted by Crippen LogP contribution is 2.33. The first-order valence-corrected chi connectivity index (χ1v) is 9.74. The second-order valence-electron chi connectivity index (χ2n) is 5.64. The van der Waals surface area contributed by atoms with Crippen molar-refractivity contribution in [2.45, 2.75) is 5.60 Å². The molecule has 0 aliphatic carbocycles. The summed E-state index contributed by atoms with van der Waals surface area (Å²) in [5.41, 5.74) is -0.265. The third-order valence-electron chi connectivity index (χ3n) is 3.93. The fourth-order valence-electron chi connectivity index (χ4n) is 2.50. The minimum Gasteiger partial charge on any atom is -0.378 e. The average molecular weight is 397 g/mol. The van der Waals surface area contributed by atoms with E-state index in [-0.39, 0.29) is 17.8 Å². The van der Waals surface area contributed by atoms with Crippen molar-refractivity contribution in [1.82, 2.24) is 5.32 Å². The molecule has 3 N–H and O–H groups in total. The van der Waals surface area contributed by atoms with E-state index in [1.807, 2.05) is 22.9 Å². The lowest BCUT2D eigenvalue weighted by atomic mass is 9.94.